The van der Waals surface area contributed by atoms with Crippen LogP contribution in [0.15, 0.2) is 53.6 Å². The van der Waals surface area contributed by atoms with Gasteiger partial charge in [0.05, 0.1) is 11.7 Å². The zero-order valence-corrected chi connectivity index (χ0v) is 21.2. The zero-order chi connectivity index (χ0) is 27.8. The van der Waals surface area contributed by atoms with Gasteiger partial charge in [-0.25, -0.2) is 27.2 Å². The van der Waals surface area contributed by atoms with E-state index in [2.05, 4.69) is 5.10 Å². The Morgan fingerprint density at radius 3 is 2.22 bits per heavy atom. The lowest BCUT2D eigenvalue weighted by atomic mass is 9.74. The maximum absolute atomic E-state index is 14.8. The maximum atomic E-state index is 14.8. The number of hydrogen-bond donors (Lipinski definition) is 1. The Morgan fingerprint density at radius 2 is 1.68 bits per heavy atom. The molecule has 0 radical (unpaired) electrons. The maximum Gasteiger partial charge on any atom is 0.350 e. The molecule has 3 rings (SSSR count). The minimum absolute atomic E-state index is 0.0250. The van der Waals surface area contributed by atoms with Crippen molar-refractivity contribution < 1.29 is 31.8 Å². The zero-order valence-electron chi connectivity index (χ0n) is 21.2. The van der Waals surface area contributed by atoms with Gasteiger partial charge in [-0.15, -0.1) is 0 Å². The molecule has 2 aromatic carbocycles. The molecule has 0 spiro atoms. The van der Waals surface area contributed by atoms with Crippen molar-refractivity contribution in [3.05, 3.63) is 76.5 Å². The molecule has 3 atom stereocenters. The lowest BCUT2D eigenvalue weighted by Crippen LogP contribution is -2.43. The fourth-order valence-corrected chi connectivity index (χ4v) is 4.08. The van der Waals surface area contributed by atoms with E-state index in [1.165, 1.54) is 37.5 Å². The van der Waals surface area contributed by atoms with Crippen LogP contribution in [0.2, 0.25) is 0 Å². The second-order valence-corrected chi connectivity index (χ2v) is 10.3. The first-order valence-electron chi connectivity index (χ1n) is 11.6. The van der Waals surface area contributed by atoms with Crippen LogP contribution in [0.4, 0.5) is 22.0 Å². The molecule has 0 fully saturated rings. The number of aliphatic hydroxyl groups is 1. The van der Waals surface area contributed by atoms with Crippen molar-refractivity contribution >= 4 is 0 Å². The van der Waals surface area contributed by atoms with Crippen LogP contribution >= 0.6 is 0 Å². The SMILES string of the molecule is CC(F)C(F)(F)COc1ccc(-n2cnn(C(C)[C@](O)(CC(C)(C)C)c3ccc(F)cc3F)c2=O)cc1. The Bertz CT molecular complexity index is 1280. The highest BCUT2D eigenvalue weighted by atomic mass is 19.3. The van der Waals surface area contributed by atoms with Crippen molar-refractivity contribution in [2.75, 3.05) is 6.61 Å². The molecule has 202 valence electrons. The number of benzene rings is 2. The molecule has 6 nitrogen and oxygen atoms in total. The molecular weight excluding hydrogens is 497 g/mol. The molecule has 0 saturated carbocycles. The number of aromatic nitrogens is 3. The average molecular weight is 528 g/mol. The Hall–Kier alpha value is -3.21. The summed E-state index contributed by atoms with van der Waals surface area (Å²) in [5.74, 6) is -5.36. The quantitative estimate of drug-likeness (QED) is 0.370. The fraction of sp³-hybridized carbons (Fsp3) is 0.462. The van der Waals surface area contributed by atoms with E-state index in [0.29, 0.717) is 11.8 Å². The third-order valence-electron chi connectivity index (χ3n) is 6.08. The summed E-state index contributed by atoms with van der Waals surface area (Å²) in [5, 5.41) is 15.9. The largest absolute Gasteiger partial charge is 0.487 e. The van der Waals surface area contributed by atoms with Crippen molar-refractivity contribution in [2.24, 2.45) is 5.41 Å². The van der Waals surface area contributed by atoms with E-state index >= 15 is 0 Å². The second-order valence-electron chi connectivity index (χ2n) is 10.3. The molecule has 1 heterocycles. The van der Waals surface area contributed by atoms with Gasteiger partial charge in [0, 0.05) is 11.6 Å². The first-order valence-corrected chi connectivity index (χ1v) is 11.6. The Morgan fingerprint density at radius 1 is 1.05 bits per heavy atom. The second kappa shape index (κ2) is 10.3. The van der Waals surface area contributed by atoms with Crippen LogP contribution in [-0.4, -0.2) is 38.2 Å². The van der Waals surface area contributed by atoms with Crippen LogP contribution in [0.25, 0.3) is 5.69 Å². The van der Waals surface area contributed by atoms with Gasteiger partial charge < -0.3 is 9.84 Å². The van der Waals surface area contributed by atoms with Crippen LogP contribution in [0.1, 0.15) is 52.6 Å². The molecule has 1 aromatic heterocycles. The predicted molar refractivity (Wildman–Crippen MR) is 128 cm³/mol. The van der Waals surface area contributed by atoms with Gasteiger partial charge in [-0.05, 0) is 56.0 Å². The molecule has 2 unspecified atom stereocenters. The molecule has 0 saturated heterocycles. The van der Waals surface area contributed by atoms with Crippen molar-refractivity contribution in [3.63, 3.8) is 0 Å². The molecule has 0 amide bonds. The number of rotatable bonds is 9. The summed E-state index contributed by atoms with van der Waals surface area (Å²) in [5.41, 5.74) is -2.95. The monoisotopic (exact) mass is 527 g/mol. The fourth-order valence-electron chi connectivity index (χ4n) is 4.08. The summed E-state index contributed by atoms with van der Waals surface area (Å²) in [6.07, 6.45) is -1.15. The first-order chi connectivity index (χ1) is 17.0. The Kier molecular flexibility index (Phi) is 7.88. The van der Waals surface area contributed by atoms with Gasteiger partial charge in [-0.2, -0.15) is 13.9 Å². The van der Waals surface area contributed by atoms with Crippen LogP contribution in [-0.2, 0) is 5.60 Å². The number of ether oxygens (including phenoxy) is 1. The van der Waals surface area contributed by atoms with Crippen molar-refractivity contribution in [1.29, 1.82) is 0 Å². The minimum Gasteiger partial charge on any atom is -0.487 e. The third kappa shape index (κ3) is 6.20. The number of hydrogen-bond acceptors (Lipinski definition) is 4. The van der Waals surface area contributed by atoms with E-state index in [1.54, 1.807) is 0 Å². The Balaban J connectivity index is 1.93. The summed E-state index contributed by atoms with van der Waals surface area (Å²) < 4.78 is 75.4. The molecule has 11 heteroatoms. The highest BCUT2D eigenvalue weighted by molar-refractivity contribution is 5.37. The summed E-state index contributed by atoms with van der Waals surface area (Å²) in [6.45, 7) is 6.61. The van der Waals surface area contributed by atoms with E-state index < -0.39 is 53.1 Å². The molecular formula is C26H30F5N3O3. The predicted octanol–water partition coefficient (Wildman–Crippen LogP) is 5.57. The average Bonchev–Trinajstić information content (AvgIpc) is 3.17. The van der Waals surface area contributed by atoms with Crippen molar-refractivity contribution in [2.45, 2.75) is 64.8 Å². The molecule has 1 N–H and O–H groups in total. The molecule has 0 aliphatic carbocycles. The van der Waals surface area contributed by atoms with E-state index in [9.17, 15) is 31.9 Å². The molecule has 0 bridgehead atoms. The van der Waals surface area contributed by atoms with Gasteiger partial charge in [-0.3, -0.25) is 0 Å². The van der Waals surface area contributed by atoms with E-state index in [1.807, 2.05) is 20.8 Å². The van der Waals surface area contributed by atoms with Gasteiger partial charge in [0.1, 0.15) is 29.3 Å². The third-order valence-corrected chi connectivity index (χ3v) is 6.08. The number of halogens is 5. The summed E-state index contributed by atoms with van der Waals surface area (Å²) >= 11 is 0. The standard InChI is InChI=1S/C26H30F5N3O3/c1-16(27)26(30,31)14-37-20-9-7-19(8-10-20)33-15-32-34(23(33)35)17(2)25(36,13-24(3,4)5)21-11-6-18(28)12-22(21)29/h6-12,15-17,36H,13-14H2,1-5H3/t16?,17?,25-/m1/s1. The van der Waals surface area contributed by atoms with E-state index in [-0.39, 0.29) is 17.7 Å². The number of alkyl halides is 3. The Labute approximate surface area is 211 Å². The van der Waals surface area contributed by atoms with Crippen LogP contribution in [0.5, 0.6) is 5.75 Å². The van der Waals surface area contributed by atoms with E-state index in [0.717, 1.165) is 28.3 Å². The van der Waals surface area contributed by atoms with Crippen molar-refractivity contribution in [3.8, 4) is 11.4 Å². The molecule has 3 aromatic rings. The molecule has 0 aliphatic rings. The van der Waals surface area contributed by atoms with Gasteiger partial charge in [0.2, 0.25) is 0 Å². The van der Waals surface area contributed by atoms with Crippen molar-refractivity contribution in [1.82, 2.24) is 14.3 Å². The minimum atomic E-state index is -3.65. The lowest BCUT2D eigenvalue weighted by molar-refractivity contribution is -0.0941. The van der Waals surface area contributed by atoms with Crippen LogP contribution < -0.4 is 10.4 Å². The topological polar surface area (TPSA) is 69.3 Å². The summed E-state index contributed by atoms with van der Waals surface area (Å²) in [4.78, 5) is 13.2. The van der Waals surface area contributed by atoms with Gasteiger partial charge >= 0.3 is 11.6 Å². The smallest absolute Gasteiger partial charge is 0.350 e. The number of nitrogens with zero attached hydrogens (tertiary/aromatic N) is 3. The lowest BCUT2D eigenvalue weighted by Gasteiger charge is -2.39. The van der Waals surface area contributed by atoms with Gasteiger partial charge in [0.15, 0.2) is 12.8 Å². The highest BCUT2D eigenvalue weighted by Crippen LogP contribution is 2.43. The van der Waals surface area contributed by atoms with Gasteiger partial charge in [0.25, 0.3) is 0 Å². The first kappa shape index (κ1) is 28.4. The van der Waals surface area contributed by atoms with E-state index in [4.69, 9.17) is 4.74 Å². The molecule has 37 heavy (non-hydrogen) atoms. The summed E-state index contributed by atoms with van der Waals surface area (Å²) in [7, 11) is 0. The van der Waals surface area contributed by atoms with Crippen LogP contribution in [0.3, 0.4) is 0 Å². The molecule has 0 aliphatic heterocycles. The summed E-state index contributed by atoms with van der Waals surface area (Å²) in [6, 6.07) is 7.32. The normalized spacial score (nSPS) is 15.8. The highest BCUT2D eigenvalue weighted by Gasteiger charge is 2.43. The van der Waals surface area contributed by atoms with Gasteiger partial charge in [-0.1, -0.05) is 26.8 Å². The van der Waals surface area contributed by atoms with Crippen LogP contribution in [0, 0.1) is 17.0 Å².